The maximum absolute atomic E-state index is 11.5. The third-order valence-electron chi connectivity index (χ3n) is 2.10. The molecule has 0 aromatic carbocycles. The molecule has 0 aromatic heterocycles. The van der Waals surface area contributed by atoms with Crippen molar-refractivity contribution in [2.45, 2.75) is 32.6 Å². The number of carboxylic acids is 1. The molecular weight excluding hydrogens is 198 g/mol. The Kier molecular flexibility index (Phi) is 7.62. The van der Waals surface area contributed by atoms with E-state index in [2.05, 4.69) is 0 Å². The Morgan fingerprint density at radius 3 is 2.33 bits per heavy atom. The van der Waals surface area contributed by atoms with Crippen molar-refractivity contribution in [3.8, 4) is 0 Å². The number of carboxylic acid groups (broad SMARTS) is 1. The monoisotopic (exact) mass is 217 g/mol. The highest BCUT2D eigenvalue weighted by atomic mass is 16.4. The second kappa shape index (κ2) is 8.23. The largest absolute Gasteiger partial charge is 0.481 e. The lowest BCUT2D eigenvalue weighted by atomic mass is 10.2. The third kappa shape index (κ3) is 6.90. The summed E-state index contributed by atoms with van der Waals surface area (Å²) in [7, 11) is 0. The van der Waals surface area contributed by atoms with Crippen LogP contribution in [0.3, 0.4) is 0 Å². The average molecular weight is 217 g/mol. The lowest BCUT2D eigenvalue weighted by Crippen LogP contribution is -2.32. The number of aliphatic carboxylic acids is 1. The van der Waals surface area contributed by atoms with Gasteiger partial charge in [-0.25, -0.2) is 0 Å². The van der Waals surface area contributed by atoms with Crippen LogP contribution in [-0.4, -0.2) is 46.7 Å². The van der Waals surface area contributed by atoms with Gasteiger partial charge in [0.05, 0.1) is 0 Å². The van der Waals surface area contributed by atoms with Gasteiger partial charge in [-0.05, 0) is 19.8 Å². The summed E-state index contributed by atoms with van der Waals surface area (Å²) in [6.07, 6.45) is 1.25. The molecule has 0 aromatic rings. The molecule has 0 rings (SSSR count). The first kappa shape index (κ1) is 13.9. The van der Waals surface area contributed by atoms with Crippen LogP contribution in [-0.2, 0) is 9.59 Å². The van der Waals surface area contributed by atoms with E-state index in [1.165, 1.54) is 0 Å². The second-order valence-corrected chi connectivity index (χ2v) is 3.30. The smallest absolute Gasteiger partial charge is 0.303 e. The van der Waals surface area contributed by atoms with Gasteiger partial charge in [-0.1, -0.05) is 0 Å². The molecule has 0 fully saturated rings. The molecule has 0 spiro atoms. The van der Waals surface area contributed by atoms with Gasteiger partial charge in [0.15, 0.2) is 0 Å². The molecule has 0 aliphatic carbocycles. The summed E-state index contributed by atoms with van der Waals surface area (Å²) in [6.45, 7) is 3.08. The van der Waals surface area contributed by atoms with Crippen molar-refractivity contribution in [2.75, 3.05) is 19.7 Å². The molecule has 0 unspecified atom stereocenters. The molecule has 0 radical (unpaired) electrons. The Labute approximate surface area is 89.7 Å². The minimum Gasteiger partial charge on any atom is -0.481 e. The summed E-state index contributed by atoms with van der Waals surface area (Å²) < 4.78 is 0. The fourth-order valence-corrected chi connectivity index (χ4v) is 1.27. The number of aliphatic hydroxyl groups excluding tert-OH is 1. The standard InChI is InChI=1S/C10H19NO4/c1-2-11(7-4-8-12)9(13)5-3-6-10(14)15/h12H,2-8H2,1H3,(H,14,15). The highest BCUT2D eigenvalue weighted by Crippen LogP contribution is 2.02. The predicted molar refractivity (Wildman–Crippen MR) is 55.4 cm³/mol. The highest BCUT2D eigenvalue weighted by Gasteiger charge is 2.11. The van der Waals surface area contributed by atoms with Crippen LogP contribution in [0.2, 0.25) is 0 Å². The summed E-state index contributed by atoms with van der Waals surface area (Å²) in [6, 6.07) is 0. The van der Waals surface area contributed by atoms with Gasteiger partial charge in [0.25, 0.3) is 0 Å². The lowest BCUT2D eigenvalue weighted by molar-refractivity contribution is -0.137. The molecular formula is C10H19NO4. The number of hydrogen-bond donors (Lipinski definition) is 2. The summed E-state index contributed by atoms with van der Waals surface area (Å²) in [5.41, 5.74) is 0. The average Bonchev–Trinajstić information content (AvgIpc) is 2.18. The molecule has 15 heavy (non-hydrogen) atoms. The summed E-state index contributed by atoms with van der Waals surface area (Å²) in [5.74, 6) is -0.909. The van der Waals surface area contributed by atoms with Gasteiger partial charge in [0, 0.05) is 32.5 Å². The van der Waals surface area contributed by atoms with E-state index in [1.54, 1.807) is 4.90 Å². The summed E-state index contributed by atoms with van der Waals surface area (Å²) in [5, 5.41) is 17.0. The van der Waals surface area contributed by atoms with E-state index in [0.29, 0.717) is 25.9 Å². The van der Waals surface area contributed by atoms with Gasteiger partial charge in [0.1, 0.15) is 0 Å². The van der Waals surface area contributed by atoms with Gasteiger partial charge in [-0.2, -0.15) is 0 Å². The molecule has 0 aliphatic heterocycles. The Balaban J connectivity index is 3.77. The number of nitrogens with zero attached hydrogens (tertiary/aromatic N) is 1. The van der Waals surface area contributed by atoms with E-state index >= 15 is 0 Å². The van der Waals surface area contributed by atoms with Crippen LogP contribution in [0.1, 0.15) is 32.6 Å². The SMILES string of the molecule is CCN(CCCO)C(=O)CCCC(=O)O. The first-order valence-electron chi connectivity index (χ1n) is 5.22. The number of amides is 1. The molecule has 88 valence electrons. The van der Waals surface area contributed by atoms with Crippen LogP contribution in [0.15, 0.2) is 0 Å². The molecule has 0 saturated heterocycles. The van der Waals surface area contributed by atoms with Crippen molar-refractivity contribution < 1.29 is 19.8 Å². The minimum atomic E-state index is -0.874. The van der Waals surface area contributed by atoms with Gasteiger partial charge in [0.2, 0.25) is 5.91 Å². The topological polar surface area (TPSA) is 77.8 Å². The van der Waals surface area contributed by atoms with Gasteiger partial charge < -0.3 is 15.1 Å². The van der Waals surface area contributed by atoms with Crippen molar-refractivity contribution in [2.24, 2.45) is 0 Å². The molecule has 0 heterocycles. The van der Waals surface area contributed by atoms with Crippen molar-refractivity contribution in [1.82, 2.24) is 4.90 Å². The minimum absolute atomic E-state index is 0.0310. The maximum atomic E-state index is 11.5. The lowest BCUT2D eigenvalue weighted by Gasteiger charge is -2.20. The van der Waals surface area contributed by atoms with E-state index in [1.807, 2.05) is 6.92 Å². The van der Waals surface area contributed by atoms with Gasteiger partial charge >= 0.3 is 5.97 Å². The van der Waals surface area contributed by atoms with Crippen molar-refractivity contribution >= 4 is 11.9 Å². The third-order valence-corrected chi connectivity index (χ3v) is 2.10. The number of aliphatic hydroxyl groups is 1. The van der Waals surface area contributed by atoms with Crippen LogP contribution in [0.4, 0.5) is 0 Å². The van der Waals surface area contributed by atoms with Crippen LogP contribution in [0.5, 0.6) is 0 Å². The Hall–Kier alpha value is -1.10. The quantitative estimate of drug-likeness (QED) is 0.619. The van der Waals surface area contributed by atoms with Crippen LogP contribution < -0.4 is 0 Å². The van der Waals surface area contributed by atoms with E-state index in [4.69, 9.17) is 10.2 Å². The Morgan fingerprint density at radius 1 is 1.20 bits per heavy atom. The molecule has 1 amide bonds. The number of carbonyl (C=O) groups is 2. The van der Waals surface area contributed by atoms with E-state index in [-0.39, 0.29) is 25.4 Å². The van der Waals surface area contributed by atoms with Crippen LogP contribution in [0, 0.1) is 0 Å². The molecule has 0 atom stereocenters. The normalized spacial score (nSPS) is 10.0. The first-order chi connectivity index (χ1) is 7.11. The van der Waals surface area contributed by atoms with Crippen molar-refractivity contribution in [1.29, 1.82) is 0 Å². The van der Waals surface area contributed by atoms with Crippen molar-refractivity contribution in [3.05, 3.63) is 0 Å². The Bertz CT molecular complexity index is 206. The molecule has 2 N–H and O–H groups in total. The van der Waals surface area contributed by atoms with Crippen LogP contribution >= 0.6 is 0 Å². The zero-order valence-electron chi connectivity index (χ0n) is 9.11. The molecule has 0 aliphatic rings. The highest BCUT2D eigenvalue weighted by molar-refractivity contribution is 5.76. The number of hydrogen-bond acceptors (Lipinski definition) is 3. The van der Waals surface area contributed by atoms with Crippen molar-refractivity contribution in [3.63, 3.8) is 0 Å². The molecule has 5 nitrogen and oxygen atoms in total. The Morgan fingerprint density at radius 2 is 1.87 bits per heavy atom. The second-order valence-electron chi connectivity index (χ2n) is 3.30. The number of rotatable bonds is 8. The molecule has 0 saturated carbocycles. The maximum Gasteiger partial charge on any atom is 0.303 e. The van der Waals surface area contributed by atoms with Gasteiger partial charge in [-0.3, -0.25) is 9.59 Å². The first-order valence-corrected chi connectivity index (χ1v) is 5.22. The van der Waals surface area contributed by atoms with Crippen LogP contribution in [0.25, 0.3) is 0 Å². The zero-order valence-corrected chi connectivity index (χ0v) is 9.11. The molecule has 0 bridgehead atoms. The van der Waals surface area contributed by atoms with E-state index in [9.17, 15) is 9.59 Å². The summed E-state index contributed by atoms with van der Waals surface area (Å²) >= 11 is 0. The fraction of sp³-hybridized carbons (Fsp3) is 0.800. The van der Waals surface area contributed by atoms with Gasteiger partial charge in [-0.15, -0.1) is 0 Å². The summed E-state index contributed by atoms with van der Waals surface area (Å²) in [4.78, 5) is 23.4. The molecule has 5 heteroatoms. The fourth-order valence-electron chi connectivity index (χ4n) is 1.27. The number of carbonyl (C=O) groups excluding carboxylic acids is 1. The van der Waals surface area contributed by atoms with E-state index in [0.717, 1.165) is 0 Å². The van der Waals surface area contributed by atoms with E-state index < -0.39 is 5.97 Å². The predicted octanol–water partition coefficient (Wildman–Crippen LogP) is 0.472. The zero-order chi connectivity index (χ0) is 11.7.